The zero-order valence-corrected chi connectivity index (χ0v) is 19.4. The Morgan fingerprint density at radius 2 is 2.08 bits per heavy atom. The molecule has 141 valence electrons. The van der Waals surface area contributed by atoms with E-state index in [2.05, 4.69) is 19.1 Å². The predicted molar refractivity (Wildman–Crippen MR) is 108 cm³/mol. The van der Waals surface area contributed by atoms with Crippen LogP contribution < -0.4 is 4.90 Å². The van der Waals surface area contributed by atoms with Gasteiger partial charge in [0.05, 0.1) is 6.10 Å². The van der Waals surface area contributed by atoms with Crippen molar-refractivity contribution in [1.29, 1.82) is 0 Å². The van der Waals surface area contributed by atoms with E-state index in [1.165, 1.54) is 0 Å². The summed E-state index contributed by atoms with van der Waals surface area (Å²) in [5.41, 5.74) is 1.87. The molecule has 1 aliphatic rings. The van der Waals surface area contributed by atoms with E-state index in [-0.39, 0.29) is 44.7 Å². The Hall–Kier alpha value is -0.156. The van der Waals surface area contributed by atoms with E-state index in [4.69, 9.17) is 0 Å². The van der Waals surface area contributed by atoms with Crippen molar-refractivity contribution in [3.8, 4) is 0 Å². The Kier molecular flexibility index (Phi) is 12.0. The monoisotopic (exact) mass is 449 g/mol. The van der Waals surface area contributed by atoms with E-state index in [9.17, 15) is 9.90 Å². The molecule has 0 aromatic heterocycles. The van der Waals surface area contributed by atoms with Crippen LogP contribution in [-0.2, 0) is 37.5 Å². The summed E-state index contributed by atoms with van der Waals surface area (Å²) >= 11 is 1.74. The van der Waals surface area contributed by atoms with Crippen molar-refractivity contribution in [2.24, 2.45) is 0 Å². The summed E-state index contributed by atoms with van der Waals surface area (Å²) in [4.78, 5) is 14.4. The van der Waals surface area contributed by atoms with Gasteiger partial charge < -0.3 is 16.9 Å². The summed E-state index contributed by atoms with van der Waals surface area (Å²) in [5.74, 6) is 1.15. The molecule has 1 aromatic carbocycles. The molecule has 0 aliphatic carbocycles. The van der Waals surface area contributed by atoms with Crippen molar-refractivity contribution < 1.29 is 42.6 Å². The van der Waals surface area contributed by atoms with Crippen LogP contribution in [0.3, 0.4) is 0 Å². The minimum atomic E-state index is -0.431. The molecule has 2 rings (SSSR count). The van der Waals surface area contributed by atoms with Crippen LogP contribution in [0.4, 0.5) is 5.69 Å². The SMILES string of the molecule is [CH2-]CC/C=C\CC1CCCC(=O)N1c1ccc(C(O)CCSC)cc1.[Y]. The average Bonchev–Trinajstić information content (AvgIpc) is 2.63. The van der Waals surface area contributed by atoms with Crippen molar-refractivity contribution in [2.45, 2.75) is 57.1 Å². The summed E-state index contributed by atoms with van der Waals surface area (Å²) in [5, 5.41) is 10.2. The number of allylic oxidation sites excluding steroid dienone is 1. The summed E-state index contributed by atoms with van der Waals surface area (Å²) in [7, 11) is 0. The first-order valence-electron chi connectivity index (χ1n) is 9.20. The molecule has 1 radical (unpaired) electrons. The van der Waals surface area contributed by atoms with Crippen molar-refractivity contribution in [3.63, 3.8) is 0 Å². The number of unbranched alkanes of at least 4 members (excludes halogenated alkanes) is 1. The van der Waals surface area contributed by atoms with Crippen molar-refractivity contribution in [1.82, 2.24) is 0 Å². The topological polar surface area (TPSA) is 40.5 Å². The number of rotatable bonds is 9. The quantitative estimate of drug-likeness (QED) is 0.430. The van der Waals surface area contributed by atoms with E-state index >= 15 is 0 Å². The molecule has 3 nitrogen and oxygen atoms in total. The van der Waals surface area contributed by atoms with E-state index in [1.54, 1.807) is 11.8 Å². The third-order valence-electron chi connectivity index (χ3n) is 4.66. The molecular formula is C21H30NO2SY-. The number of benzene rings is 1. The third kappa shape index (κ3) is 7.11. The molecule has 1 N–H and O–H groups in total. The zero-order valence-electron chi connectivity index (χ0n) is 15.8. The van der Waals surface area contributed by atoms with Gasteiger partial charge in [-0.15, -0.1) is 0 Å². The molecule has 0 bridgehead atoms. The number of anilines is 1. The number of piperidine rings is 1. The summed E-state index contributed by atoms with van der Waals surface area (Å²) in [6.07, 6.45) is 12.1. The van der Waals surface area contributed by atoms with Gasteiger partial charge in [-0.05, 0) is 55.4 Å². The molecule has 5 heteroatoms. The molecule has 26 heavy (non-hydrogen) atoms. The van der Waals surface area contributed by atoms with Gasteiger partial charge in [0, 0.05) is 50.9 Å². The number of aliphatic hydroxyl groups excluding tert-OH is 1. The van der Waals surface area contributed by atoms with Gasteiger partial charge in [0.2, 0.25) is 5.91 Å². The Morgan fingerprint density at radius 3 is 2.73 bits per heavy atom. The van der Waals surface area contributed by atoms with Crippen LogP contribution in [-0.4, -0.2) is 29.1 Å². The minimum Gasteiger partial charge on any atom is -0.388 e. The second-order valence-corrected chi connectivity index (χ2v) is 7.53. The van der Waals surface area contributed by atoms with Crippen LogP contribution in [0, 0.1) is 6.92 Å². The number of aliphatic hydroxyl groups is 1. The molecule has 1 aromatic rings. The smallest absolute Gasteiger partial charge is 0.227 e. The summed E-state index contributed by atoms with van der Waals surface area (Å²) < 4.78 is 0. The van der Waals surface area contributed by atoms with Crippen molar-refractivity contribution in [3.05, 3.63) is 48.9 Å². The van der Waals surface area contributed by atoms with Crippen LogP contribution in [0.25, 0.3) is 0 Å². The molecule has 1 amide bonds. The third-order valence-corrected chi connectivity index (χ3v) is 5.30. The van der Waals surface area contributed by atoms with Gasteiger partial charge in [0.25, 0.3) is 0 Å². The zero-order chi connectivity index (χ0) is 18.1. The van der Waals surface area contributed by atoms with Crippen molar-refractivity contribution in [2.75, 3.05) is 16.9 Å². The van der Waals surface area contributed by atoms with Crippen LogP contribution >= 0.6 is 11.8 Å². The normalized spacial score (nSPS) is 18.8. The Balaban J connectivity index is 0.00000338. The van der Waals surface area contributed by atoms with E-state index in [0.717, 1.165) is 55.5 Å². The van der Waals surface area contributed by atoms with Crippen molar-refractivity contribution >= 4 is 23.4 Å². The number of nitrogens with zero attached hydrogens (tertiary/aromatic N) is 1. The van der Waals surface area contributed by atoms with Gasteiger partial charge in [-0.3, -0.25) is 4.79 Å². The molecule has 1 heterocycles. The fourth-order valence-corrected chi connectivity index (χ4v) is 3.72. The Morgan fingerprint density at radius 1 is 1.35 bits per heavy atom. The predicted octanol–water partition coefficient (Wildman–Crippen LogP) is 4.92. The second-order valence-electron chi connectivity index (χ2n) is 6.55. The molecule has 0 spiro atoms. The molecule has 0 saturated carbocycles. The number of thioether (sulfide) groups is 1. The molecule has 1 saturated heterocycles. The van der Waals surface area contributed by atoms with Crippen LogP contribution in [0.2, 0.25) is 0 Å². The van der Waals surface area contributed by atoms with E-state index in [1.807, 2.05) is 35.4 Å². The number of hydrogen-bond acceptors (Lipinski definition) is 3. The maximum Gasteiger partial charge on any atom is 0.227 e. The van der Waals surface area contributed by atoms with Gasteiger partial charge in [0.1, 0.15) is 0 Å². The summed E-state index contributed by atoms with van der Waals surface area (Å²) in [6.45, 7) is 3.85. The number of carbonyl (C=O) groups excluding carboxylic acids is 1. The van der Waals surface area contributed by atoms with Gasteiger partial charge in [-0.25, -0.2) is 0 Å². The molecule has 2 unspecified atom stereocenters. The Labute approximate surface area is 187 Å². The maximum atomic E-state index is 12.5. The van der Waals surface area contributed by atoms with Gasteiger partial charge >= 0.3 is 0 Å². The van der Waals surface area contributed by atoms with Gasteiger partial charge in [0.15, 0.2) is 0 Å². The number of carbonyl (C=O) groups is 1. The standard InChI is InChI=1S/C21H30NO2S.Y/c1-3-4-5-6-8-18-9-7-10-21(24)22(18)19-13-11-17(12-14-19)20(23)15-16-25-2;/h5-6,11-14,18,20,23H,1,3-4,7-10,15-16H2,2H3;/q-1;/b6-5-;. The first-order valence-corrected chi connectivity index (χ1v) is 10.6. The maximum absolute atomic E-state index is 12.5. The van der Waals surface area contributed by atoms with Crippen LogP contribution in [0.15, 0.2) is 36.4 Å². The average molecular weight is 449 g/mol. The van der Waals surface area contributed by atoms with E-state index in [0.29, 0.717) is 6.42 Å². The molecule has 1 aliphatic heterocycles. The Bertz CT molecular complexity index is 562. The molecular weight excluding hydrogens is 419 g/mol. The molecule has 2 atom stereocenters. The first-order chi connectivity index (χ1) is 12.2. The minimum absolute atomic E-state index is 0. The largest absolute Gasteiger partial charge is 0.388 e. The fraction of sp³-hybridized carbons (Fsp3) is 0.524. The fourth-order valence-electron chi connectivity index (χ4n) is 3.26. The molecule has 1 fully saturated rings. The number of amides is 1. The van der Waals surface area contributed by atoms with Gasteiger partial charge in [-0.1, -0.05) is 30.7 Å². The van der Waals surface area contributed by atoms with E-state index < -0.39 is 6.10 Å². The van der Waals surface area contributed by atoms with Gasteiger partial charge in [-0.2, -0.15) is 18.2 Å². The first kappa shape index (κ1) is 23.9. The number of hydrogen-bond donors (Lipinski definition) is 1. The second kappa shape index (κ2) is 13.1. The van der Waals surface area contributed by atoms with Crippen LogP contribution in [0.1, 0.15) is 56.6 Å². The summed E-state index contributed by atoms with van der Waals surface area (Å²) in [6, 6.07) is 8.10. The van der Waals surface area contributed by atoms with Crippen LogP contribution in [0.5, 0.6) is 0 Å².